The van der Waals surface area contributed by atoms with Crippen molar-refractivity contribution in [1.29, 1.82) is 0 Å². The van der Waals surface area contributed by atoms with Gasteiger partial charge in [-0.05, 0) is 109 Å². The lowest BCUT2D eigenvalue weighted by Crippen LogP contribution is -2.51. The Hall–Kier alpha value is -2.03. The van der Waals surface area contributed by atoms with Crippen molar-refractivity contribution in [2.75, 3.05) is 0 Å². The van der Waals surface area contributed by atoms with Crippen LogP contribution in [0.25, 0.3) is 5.57 Å². The number of aliphatic hydroxyl groups is 2. The minimum absolute atomic E-state index is 0.227. The lowest BCUT2D eigenvalue weighted by Gasteiger charge is -2.38. The van der Waals surface area contributed by atoms with Crippen LogP contribution in [-0.4, -0.2) is 47.6 Å². The minimum Gasteiger partial charge on any atom is -0.455 e. The SMILES string of the molecule is CC(C)(O)C(C)(C)O[B]c1cc(C2=CC3=C(CC2)Sc2ccccc2O3)cc([B]OC(C)(C)C(C)(C)O)c1F. The van der Waals surface area contributed by atoms with Gasteiger partial charge in [-0.15, -0.1) is 0 Å². The number of benzene rings is 2. The van der Waals surface area contributed by atoms with Crippen LogP contribution in [-0.2, 0) is 9.31 Å². The van der Waals surface area contributed by atoms with Crippen LogP contribution in [0, 0.1) is 5.82 Å². The van der Waals surface area contributed by atoms with Gasteiger partial charge in [0.05, 0.1) is 27.3 Å². The van der Waals surface area contributed by atoms with Gasteiger partial charge in [0.1, 0.15) is 17.3 Å². The average molecular weight is 550 g/mol. The van der Waals surface area contributed by atoms with Gasteiger partial charge >= 0.3 is 15.0 Å². The Morgan fingerprint density at radius 1 is 0.846 bits per heavy atom. The number of fused-ring (bicyclic) bond motifs is 1. The minimum atomic E-state index is -1.16. The first-order valence-electron chi connectivity index (χ1n) is 13.2. The van der Waals surface area contributed by atoms with E-state index in [0.29, 0.717) is 0 Å². The van der Waals surface area contributed by atoms with Crippen LogP contribution in [0.15, 0.2) is 58.0 Å². The molecule has 0 spiro atoms. The summed E-state index contributed by atoms with van der Waals surface area (Å²) in [4.78, 5) is 2.27. The molecule has 2 N–H and O–H groups in total. The summed E-state index contributed by atoms with van der Waals surface area (Å²) in [7, 11) is 2.71. The summed E-state index contributed by atoms with van der Waals surface area (Å²) in [5.74, 6) is 1.11. The third kappa shape index (κ3) is 6.49. The van der Waals surface area contributed by atoms with E-state index in [9.17, 15) is 10.2 Å². The van der Waals surface area contributed by atoms with Gasteiger partial charge in [-0.3, -0.25) is 0 Å². The Morgan fingerprint density at radius 2 is 1.38 bits per heavy atom. The molecular weight excluding hydrogens is 513 g/mol. The third-order valence-corrected chi connectivity index (χ3v) is 9.12. The Kier molecular flexibility index (Phi) is 8.25. The van der Waals surface area contributed by atoms with E-state index in [-0.39, 0.29) is 10.9 Å². The molecule has 2 aromatic rings. The number of para-hydroxylation sites is 1. The van der Waals surface area contributed by atoms with E-state index in [1.807, 2.05) is 24.3 Å². The lowest BCUT2D eigenvalue weighted by atomic mass is 9.74. The molecule has 4 rings (SSSR count). The fraction of sp³-hybridized carbons (Fsp3) is 0.467. The fourth-order valence-corrected chi connectivity index (χ4v) is 4.73. The Bertz CT molecular complexity index is 1250. The predicted octanol–water partition coefficient (Wildman–Crippen LogP) is 5.02. The maximum atomic E-state index is 15.8. The van der Waals surface area contributed by atoms with Crippen LogP contribution >= 0.6 is 11.8 Å². The maximum Gasteiger partial charge on any atom is 0.333 e. The molecule has 1 heterocycles. The number of hydrogen-bond donors (Lipinski definition) is 2. The molecule has 206 valence electrons. The van der Waals surface area contributed by atoms with Crippen molar-refractivity contribution < 1.29 is 28.6 Å². The summed E-state index contributed by atoms with van der Waals surface area (Å²) in [5.41, 5.74) is -1.99. The van der Waals surface area contributed by atoms with Crippen LogP contribution < -0.4 is 15.7 Å². The summed E-state index contributed by atoms with van der Waals surface area (Å²) in [6, 6.07) is 11.5. The van der Waals surface area contributed by atoms with Gasteiger partial charge in [0.15, 0.2) is 0 Å². The van der Waals surface area contributed by atoms with Crippen LogP contribution in [0.1, 0.15) is 73.8 Å². The quantitative estimate of drug-likeness (QED) is 0.428. The van der Waals surface area contributed by atoms with Gasteiger partial charge in [0.2, 0.25) is 0 Å². The van der Waals surface area contributed by atoms with E-state index in [0.717, 1.165) is 40.4 Å². The molecule has 0 unspecified atom stereocenters. The highest BCUT2D eigenvalue weighted by atomic mass is 32.2. The van der Waals surface area contributed by atoms with E-state index in [1.54, 1.807) is 79.3 Å². The second-order valence-electron chi connectivity index (χ2n) is 12.2. The first-order chi connectivity index (χ1) is 18.0. The second kappa shape index (κ2) is 10.7. The van der Waals surface area contributed by atoms with Crippen molar-refractivity contribution in [3.8, 4) is 5.75 Å². The molecule has 1 aliphatic heterocycles. The zero-order valence-corrected chi connectivity index (χ0v) is 24.8. The summed E-state index contributed by atoms with van der Waals surface area (Å²) >= 11 is 1.72. The number of hydrogen-bond acceptors (Lipinski definition) is 6. The van der Waals surface area contributed by atoms with Crippen LogP contribution in [0.3, 0.4) is 0 Å². The van der Waals surface area contributed by atoms with E-state index in [2.05, 4.69) is 6.07 Å². The van der Waals surface area contributed by atoms with E-state index < -0.39 is 28.2 Å². The topological polar surface area (TPSA) is 68.2 Å². The van der Waals surface area contributed by atoms with E-state index in [1.165, 1.54) is 19.9 Å². The molecule has 39 heavy (non-hydrogen) atoms. The van der Waals surface area contributed by atoms with Crippen molar-refractivity contribution >= 4 is 43.2 Å². The first kappa shape index (κ1) is 29.9. The lowest BCUT2D eigenvalue weighted by molar-refractivity contribution is -0.0894. The zero-order chi connectivity index (χ0) is 28.8. The van der Waals surface area contributed by atoms with Crippen LogP contribution in [0.4, 0.5) is 4.39 Å². The average Bonchev–Trinajstić information content (AvgIpc) is 2.84. The molecule has 0 saturated carbocycles. The highest BCUT2D eigenvalue weighted by Gasteiger charge is 2.38. The van der Waals surface area contributed by atoms with Crippen LogP contribution in [0.5, 0.6) is 5.75 Å². The molecule has 9 heteroatoms. The summed E-state index contributed by atoms with van der Waals surface area (Å²) in [6.45, 7) is 13.6. The smallest absolute Gasteiger partial charge is 0.333 e. The van der Waals surface area contributed by atoms with Crippen molar-refractivity contribution in [2.24, 2.45) is 0 Å². The van der Waals surface area contributed by atoms with Crippen molar-refractivity contribution in [3.05, 3.63) is 64.5 Å². The highest BCUT2D eigenvalue weighted by Crippen LogP contribution is 2.46. The van der Waals surface area contributed by atoms with Gasteiger partial charge in [-0.2, -0.15) is 0 Å². The molecular formula is C30H37B2FO5S. The predicted molar refractivity (Wildman–Crippen MR) is 157 cm³/mol. The summed E-state index contributed by atoms with van der Waals surface area (Å²) < 4.78 is 33.8. The Morgan fingerprint density at radius 3 is 1.92 bits per heavy atom. The Labute approximate surface area is 237 Å². The summed E-state index contributed by atoms with van der Waals surface area (Å²) in [6.07, 6.45) is 3.58. The maximum absolute atomic E-state index is 15.8. The number of halogens is 1. The van der Waals surface area contributed by atoms with Crippen LogP contribution in [0.2, 0.25) is 0 Å². The third-order valence-electron chi connectivity index (χ3n) is 7.91. The Balaban J connectivity index is 1.69. The number of rotatable bonds is 9. The van der Waals surface area contributed by atoms with Crippen molar-refractivity contribution in [1.82, 2.24) is 0 Å². The van der Waals surface area contributed by atoms with Gasteiger partial charge in [-0.25, -0.2) is 4.39 Å². The van der Waals surface area contributed by atoms with Gasteiger partial charge in [-0.1, -0.05) is 36.0 Å². The molecule has 0 atom stereocenters. The van der Waals surface area contributed by atoms with Crippen molar-refractivity contribution in [2.45, 2.75) is 95.5 Å². The number of thioether (sulfide) groups is 1. The molecule has 2 radical (unpaired) electrons. The normalized spacial score (nSPS) is 16.2. The molecule has 2 aromatic carbocycles. The molecule has 5 nitrogen and oxygen atoms in total. The monoisotopic (exact) mass is 550 g/mol. The number of ether oxygens (including phenoxy) is 1. The van der Waals surface area contributed by atoms with Gasteiger partial charge in [0, 0.05) is 4.91 Å². The molecule has 0 fully saturated rings. The second-order valence-corrected chi connectivity index (χ2v) is 13.3. The molecule has 2 aliphatic rings. The molecule has 0 aromatic heterocycles. The molecule has 0 amide bonds. The first-order valence-corrected chi connectivity index (χ1v) is 14.0. The summed E-state index contributed by atoms with van der Waals surface area (Å²) in [5, 5.41) is 21.0. The molecule has 0 saturated heterocycles. The number of allylic oxidation sites excluding steroid dienone is 3. The van der Waals surface area contributed by atoms with E-state index >= 15 is 4.39 Å². The standard InChI is InChI=1S/C30H37B2FO5S/c1-27(2,34)29(5,6)37-31-20-15-19(16-21(26(20)33)32-38-30(7,8)28(3,4)35)18-13-14-25-23(17-18)36-22-11-9-10-12-24(22)39-25/h9-12,15-17,34-35H,13-14H2,1-8H3. The zero-order valence-electron chi connectivity index (χ0n) is 24.0. The molecule has 1 aliphatic carbocycles. The van der Waals surface area contributed by atoms with Gasteiger partial charge < -0.3 is 24.3 Å². The largest absolute Gasteiger partial charge is 0.455 e. The van der Waals surface area contributed by atoms with Crippen molar-refractivity contribution in [3.63, 3.8) is 0 Å². The highest BCUT2D eigenvalue weighted by molar-refractivity contribution is 8.03. The van der Waals surface area contributed by atoms with E-state index in [4.69, 9.17) is 14.0 Å². The fourth-order valence-electron chi connectivity index (χ4n) is 3.70. The van der Waals surface area contributed by atoms with Gasteiger partial charge in [0.25, 0.3) is 0 Å². The molecule has 0 bridgehead atoms.